The number of rotatable bonds is 5. The molecule has 28 heavy (non-hydrogen) atoms. The van der Waals surface area contributed by atoms with Crippen molar-refractivity contribution in [2.45, 2.75) is 31.7 Å². The molecule has 0 aromatic heterocycles. The van der Waals surface area contributed by atoms with Gasteiger partial charge < -0.3 is 14.5 Å². The van der Waals surface area contributed by atoms with E-state index >= 15 is 0 Å². The lowest BCUT2D eigenvalue weighted by Crippen LogP contribution is -2.53. The van der Waals surface area contributed by atoms with Crippen LogP contribution in [0.3, 0.4) is 0 Å². The highest BCUT2D eigenvalue weighted by molar-refractivity contribution is 5.58. The quantitative estimate of drug-likeness (QED) is 0.727. The van der Waals surface area contributed by atoms with Crippen molar-refractivity contribution in [2.75, 3.05) is 57.8 Å². The van der Waals surface area contributed by atoms with Gasteiger partial charge in [-0.05, 0) is 68.7 Å². The largest absolute Gasteiger partial charge is 0.495 e. The summed E-state index contributed by atoms with van der Waals surface area (Å²) in [6.07, 6.45) is 10.6. The number of hydrogen-bond donors (Lipinski definition) is 0. The van der Waals surface area contributed by atoms with Crippen molar-refractivity contribution in [3.63, 3.8) is 0 Å². The minimum absolute atomic E-state index is 0.788. The lowest BCUT2D eigenvalue weighted by atomic mass is 9.92. The van der Waals surface area contributed by atoms with Gasteiger partial charge in [-0.1, -0.05) is 24.3 Å². The summed E-state index contributed by atoms with van der Waals surface area (Å²) in [5.41, 5.74) is 1.25. The van der Waals surface area contributed by atoms with Crippen LogP contribution >= 0.6 is 0 Å². The smallest absolute Gasteiger partial charge is 0.142 e. The van der Waals surface area contributed by atoms with Gasteiger partial charge in [-0.25, -0.2) is 0 Å². The van der Waals surface area contributed by atoms with Gasteiger partial charge in [0.1, 0.15) is 5.75 Å². The van der Waals surface area contributed by atoms with Crippen LogP contribution in [-0.2, 0) is 0 Å². The van der Waals surface area contributed by atoms with Crippen molar-refractivity contribution in [3.05, 3.63) is 36.4 Å². The lowest BCUT2D eigenvalue weighted by Gasteiger charge is -2.44. The second kappa shape index (κ2) is 8.08. The van der Waals surface area contributed by atoms with Crippen molar-refractivity contribution in [1.29, 1.82) is 0 Å². The highest BCUT2D eigenvalue weighted by Crippen LogP contribution is 2.43. The predicted molar refractivity (Wildman–Crippen MR) is 115 cm³/mol. The highest BCUT2D eigenvalue weighted by atomic mass is 16.5. The van der Waals surface area contributed by atoms with E-state index < -0.39 is 0 Å². The number of hydrogen-bond acceptors (Lipinski definition) is 4. The molecule has 4 aliphatic rings. The van der Waals surface area contributed by atoms with E-state index in [0.29, 0.717) is 0 Å². The Hall–Kier alpha value is -1.52. The molecule has 0 N–H and O–H groups in total. The summed E-state index contributed by atoms with van der Waals surface area (Å²) in [6, 6.07) is 9.22. The number of fused-ring (bicyclic) bond motifs is 2. The van der Waals surface area contributed by atoms with Gasteiger partial charge in [0.2, 0.25) is 0 Å². The van der Waals surface area contributed by atoms with E-state index in [0.717, 1.165) is 42.6 Å². The Morgan fingerprint density at radius 1 is 0.929 bits per heavy atom. The van der Waals surface area contributed by atoms with E-state index in [-0.39, 0.29) is 0 Å². The number of benzene rings is 1. The molecule has 3 atom stereocenters. The molecule has 0 radical (unpaired) electrons. The van der Waals surface area contributed by atoms with Crippen molar-refractivity contribution in [2.24, 2.45) is 17.8 Å². The average Bonchev–Trinajstić information content (AvgIpc) is 3.38. The first-order valence-corrected chi connectivity index (χ1v) is 11.3. The number of piperidine rings is 1. The van der Waals surface area contributed by atoms with Crippen LogP contribution in [0.5, 0.6) is 5.75 Å². The van der Waals surface area contributed by atoms with Crippen LogP contribution in [-0.4, -0.2) is 68.8 Å². The van der Waals surface area contributed by atoms with Gasteiger partial charge in [0.25, 0.3) is 0 Å². The van der Waals surface area contributed by atoms with Crippen LogP contribution < -0.4 is 9.64 Å². The van der Waals surface area contributed by atoms with Crippen LogP contribution in [0.4, 0.5) is 5.69 Å². The van der Waals surface area contributed by atoms with E-state index in [9.17, 15) is 0 Å². The van der Waals surface area contributed by atoms with Gasteiger partial charge >= 0.3 is 0 Å². The Bertz CT molecular complexity index is 689. The molecule has 4 heteroatoms. The van der Waals surface area contributed by atoms with Gasteiger partial charge in [-0.15, -0.1) is 0 Å². The van der Waals surface area contributed by atoms with E-state index in [2.05, 4.69) is 51.1 Å². The first-order valence-electron chi connectivity index (χ1n) is 11.3. The van der Waals surface area contributed by atoms with Crippen LogP contribution in [0.1, 0.15) is 25.7 Å². The van der Waals surface area contributed by atoms with Crippen LogP contribution in [0.2, 0.25) is 0 Å². The maximum Gasteiger partial charge on any atom is 0.142 e. The predicted octanol–water partition coefficient (Wildman–Crippen LogP) is 3.49. The molecule has 3 fully saturated rings. The molecular weight excluding hydrogens is 346 g/mol. The molecule has 2 bridgehead atoms. The number of ether oxygens (including phenoxy) is 1. The van der Waals surface area contributed by atoms with Gasteiger partial charge in [0.05, 0.1) is 12.8 Å². The number of methoxy groups -OCH3 is 1. The average molecular weight is 382 g/mol. The summed E-state index contributed by atoms with van der Waals surface area (Å²) in [7, 11) is 1.77. The van der Waals surface area contributed by atoms with Crippen LogP contribution in [0.15, 0.2) is 36.4 Å². The second-order valence-electron chi connectivity index (χ2n) is 9.27. The fourth-order valence-corrected chi connectivity index (χ4v) is 6.12. The first-order chi connectivity index (χ1) is 13.8. The van der Waals surface area contributed by atoms with Crippen molar-refractivity contribution >= 4 is 5.69 Å². The molecule has 0 amide bonds. The third-order valence-electron chi connectivity index (χ3n) is 7.72. The molecule has 1 aromatic rings. The summed E-state index contributed by atoms with van der Waals surface area (Å²) in [4.78, 5) is 8.01. The third kappa shape index (κ3) is 3.69. The topological polar surface area (TPSA) is 19.0 Å². The van der Waals surface area contributed by atoms with Gasteiger partial charge in [0.15, 0.2) is 0 Å². The maximum atomic E-state index is 5.56. The molecule has 1 saturated carbocycles. The Kier molecular flexibility index (Phi) is 5.34. The lowest BCUT2D eigenvalue weighted by molar-refractivity contribution is 0.0918. The first kappa shape index (κ1) is 18.5. The molecule has 5 rings (SSSR count). The molecule has 0 unspecified atom stereocenters. The number of nitrogens with zero attached hydrogens (tertiary/aromatic N) is 3. The number of likely N-dealkylation sites (tertiary alicyclic amines) is 1. The number of allylic oxidation sites excluding steroid dienone is 2. The van der Waals surface area contributed by atoms with Gasteiger partial charge in [-0.3, -0.25) is 4.90 Å². The third-order valence-corrected chi connectivity index (χ3v) is 7.72. The Balaban J connectivity index is 1.09. The zero-order chi connectivity index (χ0) is 18.9. The summed E-state index contributed by atoms with van der Waals surface area (Å²) >= 11 is 0. The minimum atomic E-state index is 0.788. The fraction of sp³-hybridized carbons (Fsp3) is 0.667. The van der Waals surface area contributed by atoms with Crippen molar-refractivity contribution in [1.82, 2.24) is 9.80 Å². The molecule has 4 nitrogen and oxygen atoms in total. The zero-order valence-corrected chi connectivity index (χ0v) is 17.3. The normalized spacial score (nSPS) is 31.6. The molecule has 1 aromatic carbocycles. The Labute approximate surface area is 170 Å². The molecule has 2 saturated heterocycles. The molecule has 2 heterocycles. The van der Waals surface area contributed by atoms with Crippen molar-refractivity contribution in [3.8, 4) is 5.75 Å². The SMILES string of the molecule is COc1ccccc1N1CCN(C2CCN(C[C@H]3C[C@@H]4C=C[C@@H]3C4)CC2)CC1. The van der Waals surface area contributed by atoms with E-state index in [1.807, 2.05) is 0 Å². The molecule has 2 aliphatic heterocycles. The zero-order valence-electron chi connectivity index (χ0n) is 17.3. The number of piperazine rings is 1. The number of anilines is 1. The van der Waals surface area contributed by atoms with E-state index in [1.54, 1.807) is 7.11 Å². The fourth-order valence-electron chi connectivity index (χ4n) is 6.12. The summed E-state index contributed by atoms with van der Waals surface area (Å²) in [5, 5.41) is 0. The summed E-state index contributed by atoms with van der Waals surface area (Å²) in [6.45, 7) is 8.53. The highest BCUT2D eigenvalue weighted by Gasteiger charge is 2.37. The molecule has 2 aliphatic carbocycles. The monoisotopic (exact) mass is 381 g/mol. The van der Waals surface area contributed by atoms with Crippen LogP contribution in [0, 0.1) is 17.8 Å². The Morgan fingerprint density at radius 3 is 2.39 bits per heavy atom. The van der Waals surface area contributed by atoms with Crippen molar-refractivity contribution < 1.29 is 4.74 Å². The van der Waals surface area contributed by atoms with Crippen LogP contribution in [0.25, 0.3) is 0 Å². The second-order valence-corrected chi connectivity index (χ2v) is 9.27. The van der Waals surface area contributed by atoms with E-state index in [1.165, 1.54) is 64.1 Å². The minimum Gasteiger partial charge on any atom is -0.495 e. The van der Waals surface area contributed by atoms with E-state index in [4.69, 9.17) is 4.74 Å². The molecular formula is C24H35N3O. The summed E-state index contributed by atoms with van der Waals surface area (Å²) < 4.78 is 5.56. The van der Waals surface area contributed by atoms with Gasteiger partial charge in [0, 0.05) is 38.8 Å². The summed E-state index contributed by atoms with van der Waals surface area (Å²) in [5.74, 6) is 3.74. The standard InChI is InChI=1S/C24H35N3O/c1-28-24-5-3-2-4-23(24)27-14-12-26(13-15-27)22-8-10-25(11-9-22)18-21-17-19-6-7-20(21)16-19/h2-7,19-22H,8-18H2,1H3/t19-,20-,21-/m1/s1. The number of para-hydroxylation sites is 2. The Morgan fingerprint density at radius 2 is 1.71 bits per heavy atom. The molecule has 0 spiro atoms. The maximum absolute atomic E-state index is 5.56. The van der Waals surface area contributed by atoms with Gasteiger partial charge in [-0.2, -0.15) is 0 Å². The molecule has 152 valence electrons.